The molecule has 0 radical (unpaired) electrons. The number of benzene rings is 9. The summed E-state index contributed by atoms with van der Waals surface area (Å²) >= 11 is 1.81. The van der Waals surface area contributed by atoms with Gasteiger partial charge in [-0.2, -0.15) is 0 Å². The predicted octanol–water partition coefficient (Wildman–Crippen LogP) is 13.6. The lowest BCUT2D eigenvalue weighted by Gasteiger charge is -2.24. The predicted molar refractivity (Wildman–Crippen MR) is 233 cm³/mol. The zero-order chi connectivity index (χ0) is 36.7. The van der Waals surface area contributed by atoms with Crippen LogP contribution in [0.15, 0.2) is 192 Å². The van der Waals surface area contributed by atoms with Crippen molar-refractivity contribution >= 4 is 65.9 Å². The average molecular weight is 731 g/mol. The fourth-order valence-corrected chi connectivity index (χ4v) is 9.83. The molecule has 3 heterocycles. The molecule has 0 amide bonds. The zero-order valence-electron chi connectivity index (χ0n) is 30.0. The third kappa shape index (κ3) is 4.78. The lowest BCUT2D eigenvalue weighted by molar-refractivity contribution is 1.07. The molecule has 0 N–H and O–H groups in total. The van der Waals surface area contributed by atoms with E-state index in [4.69, 9.17) is 15.0 Å². The highest BCUT2D eigenvalue weighted by molar-refractivity contribution is 8.00. The maximum Gasteiger partial charge on any atom is 0.165 e. The summed E-state index contributed by atoms with van der Waals surface area (Å²) in [7, 11) is 0. The Morgan fingerprint density at radius 1 is 0.375 bits per heavy atom. The zero-order valence-corrected chi connectivity index (χ0v) is 30.8. The van der Waals surface area contributed by atoms with E-state index >= 15 is 0 Å². The van der Waals surface area contributed by atoms with E-state index in [-0.39, 0.29) is 0 Å². The molecule has 4 nitrogen and oxygen atoms in total. The van der Waals surface area contributed by atoms with Crippen LogP contribution in [0, 0.1) is 0 Å². The molecule has 2 aromatic heterocycles. The Morgan fingerprint density at radius 3 is 1.88 bits per heavy atom. The van der Waals surface area contributed by atoms with Crippen LogP contribution in [0.25, 0.3) is 105 Å². The van der Waals surface area contributed by atoms with E-state index < -0.39 is 0 Å². The summed E-state index contributed by atoms with van der Waals surface area (Å²) in [6, 6.07) is 65.1. The highest BCUT2D eigenvalue weighted by Crippen LogP contribution is 2.52. The van der Waals surface area contributed by atoms with Crippen LogP contribution < -0.4 is 0 Å². The van der Waals surface area contributed by atoms with Crippen LogP contribution >= 0.6 is 11.8 Å². The van der Waals surface area contributed by atoms with Crippen LogP contribution in [0.1, 0.15) is 0 Å². The van der Waals surface area contributed by atoms with Gasteiger partial charge in [-0.25, -0.2) is 15.0 Å². The molecule has 0 spiro atoms. The van der Waals surface area contributed by atoms with Gasteiger partial charge in [-0.15, -0.1) is 0 Å². The molecule has 1 aliphatic rings. The first-order valence-electron chi connectivity index (χ1n) is 18.9. The molecule has 0 saturated heterocycles. The number of para-hydroxylation sites is 1. The SMILES string of the molecule is c1ccc(-c2nc(-c3ccc4ccccc4c3)nc(-c3cccc4c3Sc3ccc(-n5c6ccccc6c6cc7ccccc7cc65)c5cccc-4c35)n2)cc1. The summed E-state index contributed by atoms with van der Waals surface area (Å²) < 4.78 is 2.46. The first-order valence-corrected chi connectivity index (χ1v) is 19.7. The number of hydrogen-bond acceptors (Lipinski definition) is 4. The van der Waals surface area contributed by atoms with Crippen LogP contribution in [0.5, 0.6) is 0 Å². The lowest BCUT2D eigenvalue weighted by Crippen LogP contribution is -2.03. The second-order valence-corrected chi connectivity index (χ2v) is 15.5. The van der Waals surface area contributed by atoms with Gasteiger partial charge >= 0.3 is 0 Å². The monoisotopic (exact) mass is 730 g/mol. The molecule has 56 heavy (non-hydrogen) atoms. The second kappa shape index (κ2) is 12.2. The smallest absolute Gasteiger partial charge is 0.165 e. The minimum absolute atomic E-state index is 0.656. The Labute approximate surface area is 326 Å². The largest absolute Gasteiger partial charge is 0.309 e. The summed E-state index contributed by atoms with van der Waals surface area (Å²) in [6.45, 7) is 0. The van der Waals surface area contributed by atoms with Gasteiger partial charge in [-0.1, -0.05) is 151 Å². The first-order chi connectivity index (χ1) is 27.7. The highest BCUT2D eigenvalue weighted by atomic mass is 32.2. The average Bonchev–Trinajstić information content (AvgIpc) is 3.58. The van der Waals surface area contributed by atoms with Crippen molar-refractivity contribution < 1.29 is 0 Å². The Morgan fingerprint density at radius 2 is 1.02 bits per heavy atom. The molecule has 1 aliphatic heterocycles. The minimum Gasteiger partial charge on any atom is -0.309 e. The third-order valence-electron chi connectivity index (χ3n) is 11.2. The van der Waals surface area contributed by atoms with E-state index in [1.165, 1.54) is 70.4 Å². The van der Waals surface area contributed by atoms with Gasteiger partial charge < -0.3 is 4.57 Å². The fourth-order valence-electron chi connectivity index (χ4n) is 8.59. The summed E-state index contributed by atoms with van der Waals surface area (Å²) in [5.41, 5.74) is 8.91. The lowest BCUT2D eigenvalue weighted by atomic mass is 9.95. The Bertz CT molecular complexity index is 3400. The van der Waals surface area contributed by atoms with Crippen molar-refractivity contribution in [3.8, 4) is 51.0 Å². The molecule has 5 heteroatoms. The van der Waals surface area contributed by atoms with Crippen molar-refractivity contribution in [1.82, 2.24) is 19.5 Å². The van der Waals surface area contributed by atoms with Crippen molar-refractivity contribution in [3.63, 3.8) is 0 Å². The number of nitrogens with zero attached hydrogens (tertiary/aromatic N) is 4. The molecule has 0 saturated carbocycles. The van der Waals surface area contributed by atoms with Crippen LogP contribution in [-0.2, 0) is 0 Å². The van der Waals surface area contributed by atoms with E-state index in [0.29, 0.717) is 17.5 Å². The molecule has 0 aliphatic carbocycles. The van der Waals surface area contributed by atoms with Crippen LogP contribution in [-0.4, -0.2) is 19.5 Å². The van der Waals surface area contributed by atoms with Gasteiger partial charge in [0.05, 0.1) is 16.7 Å². The molecular weight excluding hydrogens is 701 g/mol. The van der Waals surface area contributed by atoms with Crippen molar-refractivity contribution in [2.45, 2.75) is 9.79 Å². The number of rotatable bonds is 4. The van der Waals surface area contributed by atoms with Gasteiger partial charge in [0, 0.05) is 48.0 Å². The van der Waals surface area contributed by atoms with Crippen molar-refractivity contribution in [2.24, 2.45) is 0 Å². The van der Waals surface area contributed by atoms with Gasteiger partial charge in [-0.05, 0) is 75.1 Å². The minimum atomic E-state index is 0.656. The van der Waals surface area contributed by atoms with E-state index in [0.717, 1.165) is 27.0 Å². The van der Waals surface area contributed by atoms with E-state index in [2.05, 4.69) is 168 Å². The van der Waals surface area contributed by atoms with Crippen LogP contribution in [0.2, 0.25) is 0 Å². The molecule has 0 bridgehead atoms. The van der Waals surface area contributed by atoms with E-state index in [9.17, 15) is 0 Å². The standard InChI is InChI=1S/C51H30N4S/c1-2-13-32(14-3-1)49-52-50(36-25-24-31-12-4-5-15-33(31)28-36)54-51(53-49)41-22-11-20-39-38-19-10-21-40-44(26-27-46(47(38)40)56-48(39)41)55-43-23-9-8-18-37(43)42-29-34-16-6-7-17-35(34)30-45(42)55/h1-30H. The van der Waals surface area contributed by atoms with Gasteiger partial charge in [0.1, 0.15) is 0 Å². The highest BCUT2D eigenvalue weighted by Gasteiger charge is 2.26. The van der Waals surface area contributed by atoms with E-state index in [1.807, 2.05) is 30.0 Å². The third-order valence-corrected chi connectivity index (χ3v) is 12.4. The number of aromatic nitrogens is 4. The summed E-state index contributed by atoms with van der Waals surface area (Å²) in [6.07, 6.45) is 0. The Hall–Kier alpha value is -7.08. The van der Waals surface area contributed by atoms with E-state index in [1.54, 1.807) is 0 Å². The molecular formula is C51H30N4S. The topological polar surface area (TPSA) is 43.6 Å². The van der Waals surface area contributed by atoms with Crippen LogP contribution in [0.3, 0.4) is 0 Å². The van der Waals surface area contributed by atoms with Gasteiger partial charge in [0.2, 0.25) is 0 Å². The van der Waals surface area contributed by atoms with Crippen LogP contribution in [0.4, 0.5) is 0 Å². The Kier molecular flexibility index (Phi) is 6.83. The summed E-state index contributed by atoms with van der Waals surface area (Å²) in [5.74, 6) is 1.98. The maximum absolute atomic E-state index is 5.21. The number of fused-ring (bicyclic) bond motifs is 7. The summed E-state index contributed by atoms with van der Waals surface area (Å²) in [4.78, 5) is 17.8. The quantitative estimate of drug-likeness (QED) is 0.181. The summed E-state index contributed by atoms with van der Waals surface area (Å²) in [5, 5.41) is 9.84. The molecule has 0 unspecified atom stereocenters. The maximum atomic E-state index is 5.21. The second-order valence-electron chi connectivity index (χ2n) is 14.4. The van der Waals surface area contributed by atoms with Crippen molar-refractivity contribution in [2.75, 3.05) is 0 Å². The van der Waals surface area contributed by atoms with Gasteiger partial charge in [-0.3, -0.25) is 0 Å². The first kappa shape index (κ1) is 31.3. The van der Waals surface area contributed by atoms with Crippen molar-refractivity contribution in [3.05, 3.63) is 182 Å². The molecule has 12 rings (SSSR count). The normalized spacial score (nSPS) is 12.2. The number of hydrogen-bond donors (Lipinski definition) is 0. The van der Waals surface area contributed by atoms with Gasteiger partial charge in [0.15, 0.2) is 17.5 Å². The van der Waals surface area contributed by atoms with Gasteiger partial charge in [0.25, 0.3) is 0 Å². The van der Waals surface area contributed by atoms with Crippen molar-refractivity contribution in [1.29, 1.82) is 0 Å². The fraction of sp³-hybridized carbons (Fsp3) is 0. The molecule has 11 aromatic rings. The molecule has 0 fully saturated rings. The molecule has 0 atom stereocenters. The Balaban J connectivity index is 1.06. The molecule has 9 aromatic carbocycles. The molecule has 260 valence electrons.